The Bertz CT molecular complexity index is 476. The lowest BCUT2D eigenvalue weighted by Gasteiger charge is -2.42. The Morgan fingerprint density at radius 1 is 1.50 bits per heavy atom. The van der Waals surface area contributed by atoms with Gasteiger partial charge >= 0.3 is 0 Å². The van der Waals surface area contributed by atoms with E-state index in [2.05, 4.69) is 21.2 Å². The number of benzene rings is 1. The number of amides is 1. The van der Waals surface area contributed by atoms with Gasteiger partial charge < -0.3 is 10.2 Å². The molecule has 0 unspecified atom stereocenters. The Morgan fingerprint density at radius 2 is 2.22 bits per heavy atom. The van der Waals surface area contributed by atoms with Crippen molar-refractivity contribution in [2.75, 3.05) is 19.6 Å². The molecule has 3 nitrogen and oxygen atoms in total. The first-order chi connectivity index (χ1) is 8.42. The lowest BCUT2D eigenvalue weighted by Crippen LogP contribution is -2.59. The van der Waals surface area contributed by atoms with Crippen LogP contribution in [0, 0.1) is 5.82 Å². The fourth-order valence-corrected chi connectivity index (χ4v) is 2.39. The number of rotatable bonds is 1. The molecule has 1 aliphatic heterocycles. The highest BCUT2D eigenvalue weighted by molar-refractivity contribution is 9.10. The summed E-state index contributed by atoms with van der Waals surface area (Å²) in [6.45, 7) is 6.17. The first-order valence-electron chi connectivity index (χ1n) is 5.89. The van der Waals surface area contributed by atoms with Gasteiger partial charge in [-0.3, -0.25) is 4.79 Å². The maximum Gasteiger partial charge on any atom is 0.254 e. The minimum absolute atomic E-state index is 0.118. The second kappa shape index (κ2) is 4.97. The van der Waals surface area contributed by atoms with Crippen LogP contribution >= 0.6 is 15.9 Å². The Labute approximate surface area is 114 Å². The van der Waals surface area contributed by atoms with E-state index in [1.807, 2.05) is 13.8 Å². The summed E-state index contributed by atoms with van der Waals surface area (Å²) in [4.78, 5) is 14.2. The molecule has 1 N–H and O–H groups in total. The zero-order chi connectivity index (χ0) is 13.3. The lowest BCUT2D eigenvalue weighted by atomic mass is 9.98. The van der Waals surface area contributed by atoms with E-state index in [1.54, 1.807) is 17.0 Å². The molecule has 1 fully saturated rings. The van der Waals surface area contributed by atoms with Crippen LogP contribution in [0.25, 0.3) is 0 Å². The highest BCUT2D eigenvalue weighted by Crippen LogP contribution is 2.22. The van der Waals surface area contributed by atoms with Crippen LogP contribution in [0.5, 0.6) is 0 Å². The van der Waals surface area contributed by atoms with Crippen LogP contribution in [0.1, 0.15) is 24.2 Å². The monoisotopic (exact) mass is 314 g/mol. The molecule has 0 aromatic heterocycles. The molecular weight excluding hydrogens is 299 g/mol. The summed E-state index contributed by atoms with van der Waals surface area (Å²) >= 11 is 3.09. The zero-order valence-corrected chi connectivity index (χ0v) is 12.1. The van der Waals surface area contributed by atoms with Crippen molar-refractivity contribution in [1.29, 1.82) is 0 Å². The second-order valence-corrected chi connectivity index (χ2v) is 5.93. The summed E-state index contributed by atoms with van der Waals surface area (Å²) in [5, 5.41) is 3.26. The highest BCUT2D eigenvalue weighted by Gasteiger charge is 2.33. The minimum atomic E-state index is -0.409. The van der Waals surface area contributed by atoms with Crippen LogP contribution in [0.2, 0.25) is 0 Å². The molecule has 18 heavy (non-hydrogen) atoms. The number of nitrogens with one attached hydrogen (secondary N) is 1. The third-order valence-electron chi connectivity index (χ3n) is 3.21. The largest absolute Gasteiger partial charge is 0.331 e. The standard InChI is InChI=1S/C13H16BrFN2O/c1-13(2)8-16-5-6-17(13)12(18)9-3-4-10(14)11(15)7-9/h3-4,7,16H,5-6,8H2,1-2H3. The Balaban J connectivity index is 2.27. The van der Waals surface area contributed by atoms with Crippen molar-refractivity contribution in [3.63, 3.8) is 0 Å². The van der Waals surface area contributed by atoms with Crippen molar-refractivity contribution in [2.45, 2.75) is 19.4 Å². The van der Waals surface area contributed by atoms with Gasteiger partial charge in [-0.2, -0.15) is 0 Å². The van der Waals surface area contributed by atoms with Crippen molar-refractivity contribution in [2.24, 2.45) is 0 Å². The van der Waals surface area contributed by atoms with Gasteiger partial charge in [0.05, 0.1) is 10.0 Å². The topological polar surface area (TPSA) is 32.3 Å². The number of hydrogen-bond acceptors (Lipinski definition) is 2. The van der Waals surface area contributed by atoms with Crippen LogP contribution in [0.3, 0.4) is 0 Å². The summed E-state index contributed by atoms with van der Waals surface area (Å²) in [5.41, 5.74) is 0.143. The molecule has 2 rings (SSSR count). The summed E-state index contributed by atoms with van der Waals surface area (Å²) in [7, 11) is 0. The Hall–Kier alpha value is -0.940. The van der Waals surface area contributed by atoms with Crippen LogP contribution in [0.15, 0.2) is 22.7 Å². The molecule has 98 valence electrons. The van der Waals surface area contributed by atoms with E-state index in [1.165, 1.54) is 6.07 Å². The lowest BCUT2D eigenvalue weighted by molar-refractivity contribution is 0.0477. The number of halogens is 2. The predicted molar refractivity (Wildman–Crippen MR) is 72.1 cm³/mol. The van der Waals surface area contributed by atoms with E-state index in [0.29, 0.717) is 16.6 Å². The molecule has 1 aliphatic rings. The average molecular weight is 315 g/mol. The molecule has 0 aliphatic carbocycles. The highest BCUT2D eigenvalue weighted by atomic mass is 79.9. The summed E-state index contributed by atoms with van der Waals surface area (Å²) < 4.78 is 13.8. The van der Waals surface area contributed by atoms with Crippen molar-refractivity contribution >= 4 is 21.8 Å². The third kappa shape index (κ3) is 2.57. The first kappa shape index (κ1) is 13.5. The average Bonchev–Trinajstić information content (AvgIpc) is 2.31. The van der Waals surface area contributed by atoms with Crippen molar-refractivity contribution in [3.8, 4) is 0 Å². The van der Waals surface area contributed by atoms with Crippen molar-refractivity contribution < 1.29 is 9.18 Å². The Morgan fingerprint density at radius 3 is 2.83 bits per heavy atom. The van der Waals surface area contributed by atoms with E-state index < -0.39 is 5.82 Å². The fraction of sp³-hybridized carbons (Fsp3) is 0.462. The maximum absolute atomic E-state index is 13.5. The normalized spacial score (nSPS) is 18.8. The summed E-state index contributed by atoms with van der Waals surface area (Å²) in [6, 6.07) is 4.50. The van der Waals surface area contributed by atoms with E-state index in [-0.39, 0.29) is 11.4 Å². The molecule has 0 radical (unpaired) electrons. The SMILES string of the molecule is CC1(C)CNCCN1C(=O)c1ccc(Br)c(F)c1. The molecule has 5 heteroatoms. The quantitative estimate of drug-likeness (QED) is 0.863. The first-order valence-corrected chi connectivity index (χ1v) is 6.69. The predicted octanol–water partition coefficient (Wildman–Crippen LogP) is 2.41. The van der Waals surface area contributed by atoms with Crippen LogP contribution in [-0.4, -0.2) is 36.0 Å². The third-order valence-corrected chi connectivity index (χ3v) is 3.86. The molecule has 1 aromatic carbocycles. The number of carbonyl (C=O) groups excluding carboxylic acids is 1. The zero-order valence-electron chi connectivity index (χ0n) is 10.5. The molecule has 0 saturated carbocycles. The fourth-order valence-electron chi connectivity index (χ4n) is 2.14. The molecule has 0 bridgehead atoms. The van der Waals surface area contributed by atoms with Crippen molar-refractivity contribution in [1.82, 2.24) is 10.2 Å². The van der Waals surface area contributed by atoms with Gasteiger partial charge in [0, 0.05) is 25.2 Å². The van der Waals surface area contributed by atoms with Crippen LogP contribution in [-0.2, 0) is 0 Å². The van der Waals surface area contributed by atoms with E-state index >= 15 is 0 Å². The van der Waals surface area contributed by atoms with E-state index in [4.69, 9.17) is 0 Å². The number of carbonyl (C=O) groups is 1. The minimum Gasteiger partial charge on any atom is -0.331 e. The Kier molecular flexibility index (Phi) is 3.73. The summed E-state index contributed by atoms with van der Waals surface area (Å²) in [5.74, 6) is -0.526. The number of piperazine rings is 1. The molecular formula is C13H16BrFN2O. The van der Waals surface area contributed by atoms with Gasteiger partial charge in [-0.25, -0.2) is 4.39 Å². The van der Waals surface area contributed by atoms with Gasteiger partial charge in [0.25, 0.3) is 5.91 Å². The molecule has 1 saturated heterocycles. The van der Waals surface area contributed by atoms with E-state index in [0.717, 1.165) is 13.1 Å². The van der Waals surface area contributed by atoms with Crippen LogP contribution < -0.4 is 5.32 Å². The van der Waals surface area contributed by atoms with Gasteiger partial charge in [0.1, 0.15) is 5.82 Å². The second-order valence-electron chi connectivity index (χ2n) is 5.07. The van der Waals surface area contributed by atoms with Gasteiger partial charge in [0.15, 0.2) is 0 Å². The number of nitrogens with zero attached hydrogens (tertiary/aromatic N) is 1. The van der Waals surface area contributed by atoms with E-state index in [9.17, 15) is 9.18 Å². The van der Waals surface area contributed by atoms with Crippen molar-refractivity contribution in [3.05, 3.63) is 34.1 Å². The van der Waals surface area contributed by atoms with Gasteiger partial charge in [-0.05, 0) is 48.0 Å². The summed E-state index contributed by atoms with van der Waals surface area (Å²) in [6.07, 6.45) is 0. The van der Waals surface area contributed by atoms with Gasteiger partial charge in [0.2, 0.25) is 0 Å². The molecule has 1 aromatic rings. The molecule has 0 atom stereocenters. The molecule has 1 amide bonds. The van der Waals surface area contributed by atoms with Gasteiger partial charge in [-0.1, -0.05) is 0 Å². The smallest absolute Gasteiger partial charge is 0.254 e. The molecule has 1 heterocycles. The van der Waals surface area contributed by atoms with Crippen LogP contribution in [0.4, 0.5) is 4.39 Å². The molecule has 0 spiro atoms. The number of hydrogen-bond donors (Lipinski definition) is 1. The maximum atomic E-state index is 13.5. The van der Waals surface area contributed by atoms with Gasteiger partial charge in [-0.15, -0.1) is 0 Å².